The Labute approximate surface area is 140 Å². The summed E-state index contributed by atoms with van der Waals surface area (Å²) in [6, 6.07) is 11.9. The van der Waals surface area contributed by atoms with Gasteiger partial charge in [-0.1, -0.05) is 18.2 Å². The van der Waals surface area contributed by atoms with Gasteiger partial charge in [0.25, 0.3) is 0 Å². The Kier molecular flexibility index (Phi) is 4.37. The first-order valence-electron chi connectivity index (χ1n) is 7.43. The van der Waals surface area contributed by atoms with Crippen LogP contribution in [-0.2, 0) is 0 Å². The molecule has 0 spiro atoms. The van der Waals surface area contributed by atoms with E-state index in [2.05, 4.69) is 9.97 Å². The molecule has 6 heteroatoms. The SMILES string of the molecule is COc1cc2c(N(C)c3ccccc3)ncnc2c(OC)c1OC. The van der Waals surface area contributed by atoms with E-state index in [9.17, 15) is 0 Å². The van der Waals surface area contributed by atoms with E-state index in [1.807, 2.05) is 48.3 Å². The number of ether oxygens (including phenoxy) is 3. The van der Waals surface area contributed by atoms with Crippen molar-refractivity contribution in [1.82, 2.24) is 9.97 Å². The molecule has 0 radical (unpaired) electrons. The number of para-hydroxylation sites is 1. The van der Waals surface area contributed by atoms with E-state index in [0.29, 0.717) is 22.8 Å². The van der Waals surface area contributed by atoms with Crippen molar-refractivity contribution in [2.24, 2.45) is 0 Å². The maximum Gasteiger partial charge on any atom is 0.205 e. The summed E-state index contributed by atoms with van der Waals surface area (Å²) in [7, 11) is 6.71. The van der Waals surface area contributed by atoms with Crippen LogP contribution in [0.3, 0.4) is 0 Å². The van der Waals surface area contributed by atoms with E-state index in [1.165, 1.54) is 6.33 Å². The van der Waals surface area contributed by atoms with Crippen LogP contribution in [0.25, 0.3) is 10.9 Å². The van der Waals surface area contributed by atoms with Gasteiger partial charge in [0.2, 0.25) is 5.75 Å². The van der Waals surface area contributed by atoms with Crippen molar-refractivity contribution in [2.45, 2.75) is 0 Å². The van der Waals surface area contributed by atoms with E-state index in [0.717, 1.165) is 16.9 Å². The van der Waals surface area contributed by atoms with Crippen molar-refractivity contribution in [2.75, 3.05) is 33.3 Å². The molecular formula is C18H19N3O3. The van der Waals surface area contributed by atoms with Crippen LogP contribution >= 0.6 is 0 Å². The predicted molar refractivity (Wildman–Crippen MR) is 93.7 cm³/mol. The van der Waals surface area contributed by atoms with Gasteiger partial charge in [0.05, 0.1) is 26.7 Å². The molecule has 0 fully saturated rings. The zero-order chi connectivity index (χ0) is 17.1. The molecule has 3 aromatic rings. The Bertz CT molecular complexity index is 853. The molecule has 1 aromatic heterocycles. The van der Waals surface area contributed by atoms with Crippen molar-refractivity contribution in [3.05, 3.63) is 42.7 Å². The molecule has 24 heavy (non-hydrogen) atoms. The highest BCUT2D eigenvalue weighted by atomic mass is 16.5. The predicted octanol–water partition coefficient (Wildman–Crippen LogP) is 3.42. The molecule has 0 aliphatic carbocycles. The van der Waals surface area contributed by atoms with Crippen molar-refractivity contribution < 1.29 is 14.2 Å². The van der Waals surface area contributed by atoms with Gasteiger partial charge in [-0.2, -0.15) is 0 Å². The second kappa shape index (κ2) is 6.62. The van der Waals surface area contributed by atoms with Gasteiger partial charge < -0.3 is 19.1 Å². The van der Waals surface area contributed by atoms with Gasteiger partial charge in [-0.25, -0.2) is 9.97 Å². The fourth-order valence-corrected chi connectivity index (χ4v) is 2.69. The highest BCUT2D eigenvalue weighted by Gasteiger charge is 2.20. The lowest BCUT2D eigenvalue weighted by Gasteiger charge is -2.21. The van der Waals surface area contributed by atoms with E-state index in [-0.39, 0.29) is 0 Å². The van der Waals surface area contributed by atoms with Crippen LogP contribution in [0.1, 0.15) is 0 Å². The summed E-state index contributed by atoms with van der Waals surface area (Å²) in [6.45, 7) is 0. The molecule has 0 saturated heterocycles. The minimum Gasteiger partial charge on any atom is -0.493 e. The van der Waals surface area contributed by atoms with E-state index in [4.69, 9.17) is 14.2 Å². The number of hydrogen-bond donors (Lipinski definition) is 0. The number of aromatic nitrogens is 2. The number of hydrogen-bond acceptors (Lipinski definition) is 6. The molecule has 2 aromatic carbocycles. The van der Waals surface area contributed by atoms with Crippen LogP contribution in [0.5, 0.6) is 17.2 Å². The van der Waals surface area contributed by atoms with E-state index >= 15 is 0 Å². The van der Waals surface area contributed by atoms with Crippen LogP contribution in [-0.4, -0.2) is 38.3 Å². The standard InChI is InChI=1S/C18H19N3O3/c1-21(12-8-6-5-7-9-12)18-13-10-14(22-2)16(23-3)17(24-4)15(13)19-11-20-18/h5-11H,1-4H3. The average molecular weight is 325 g/mol. The largest absolute Gasteiger partial charge is 0.493 e. The van der Waals surface area contributed by atoms with Crippen LogP contribution < -0.4 is 19.1 Å². The minimum atomic E-state index is 0.513. The quantitative estimate of drug-likeness (QED) is 0.716. The van der Waals surface area contributed by atoms with E-state index < -0.39 is 0 Å². The number of fused-ring (bicyclic) bond motifs is 1. The molecule has 0 aliphatic rings. The molecule has 0 aliphatic heterocycles. The fourth-order valence-electron chi connectivity index (χ4n) is 2.69. The van der Waals surface area contributed by atoms with Gasteiger partial charge in [0.15, 0.2) is 11.5 Å². The summed E-state index contributed by atoms with van der Waals surface area (Å²) < 4.78 is 16.4. The molecule has 1 heterocycles. The number of methoxy groups -OCH3 is 3. The van der Waals surface area contributed by atoms with Crippen molar-refractivity contribution in [3.8, 4) is 17.2 Å². The lowest BCUT2D eigenvalue weighted by atomic mass is 10.1. The summed E-state index contributed by atoms with van der Waals surface area (Å²) in [4.78, 5) is 10.8. The van der Waals surface area contributed by atoms with E-state index in [1.54, 1.807) is 21.3 Å². The molecule has 0 amide bonds. The molecule has 0 atom stereocenters. The smallest absolute Gasteiger partial charge is 0.205 e. The van der Waals surface area contributed by atoms with Crippen LogP contribution in [0.4, 0.5) is 11.5 Å². The lowest BCUT2D eigenvalue weighted by Crippen LogP contribution is -2.12. The number of rotatable bonds is 5. The topological polar surface area (TPSA) is 56.7 Å². The molecule has 0 unspecified atom stereocenters. The molecule has 0 N–H and O–H groups in total. The number of benzene rings is 2. The first kappa shape index (κ1) is 15.9. The Morgan fingerprint density at radius 2 is 1.58 bits per heavy atom. The Morgan fingerprint density at radius 1 is 0.875 bits per heavy atom. The van der Waals surface area contributed by atoms with Gasteiger partial charge in [-0.05, 0) is 18.2 Å². The monoisotopic (exact) mass is 325 g/mol. The normalized spacial score (nSPS) is 10.5. The molecule has 6 nitrogen and oxygen atoms in total. The third-order valence-corrected chi connectivity index (χ3v) is 3.87. The third-order valence-electron chi connectivity index (χ3n) is 3.87. The highest BCUT2D eigenvalue weighted by Crippen LogP contribution is 2.44. The van der Waals surface area contributed by atoms with Crippen molar-refractivity contribution in [1.29, 1.82) is 0 Å². The Balaban J connectivity index is 2.27. The molecular weight excluding hydrogens is 306 g/mol. The zero-order valence-electron chi connectivity index (χ0n) is 14.1. The van der Waals surface area contributed by atoms with Crippen LogP contribution in [0.15, 0.2) is 42.7 Å². The zero-order valence-corrected chi connectivity index (χ0v) is 14.1. The molecule has 0 saturated carbocycles. The van der Waals surface area contributed by atoms with Crippen LogP contribution in [0.2, 0.25) is 0 Å². The first-order valence-corrected chi connectivity index (χ1v) is 7.43. The van der Waals surface area contributed by atoms with Gasteiger partial charge in [-0.3, -0.25) is 0 Å². The molecule has 0 bridgehead atoms. The van der Waals surface area contributed by atoms with Crippen molar-refractivity contribution in [3.63, 3.8) is 0 Å². The Hall–Kier alpha value is -3.02. The summed E-state index contributed by atoms with van der Waals surface area (Å²) >= 11 is 0. The van der Waals surface area contributed by atoms with Crippen molar-refractivity contribution >= 4 is 22.4 Å². The van der Waals surface area contributed by atoms with Gasteiger partial charge in [0, 0.05) is 12.7 Å². The Morgan fingerprint density at radius 3 is 2.21 bits per heavy atom. The fraction of sp³-hybridized carbons (Fsp3) is 0.222. The van der Waals surface area contributed by atoms with Crippen LogP contribution in [0, 0.1) is 0 Å². The molecule has 124 valence electrons. The average Bonchev–Trinajstić information content (AvgIpc) is 2.65. The lowest BCUT2D eigenvalue weighted by molar-refractivity contribution is 0.327. The van der Waals surface area contributed by atoms with Gasteiger partial charge in [0.1, 0.15) is 17.7 Å². The minimum absolute atomic E-state index is 0.513. The maximum absolute atomic E-state index is 5.52. The molecule has 3 rings (SSSR count). The maximum atomic E-state index is 5.52. The summed E-state index contributed by atoms with van der Waals surface area (Å²) in [5, 5.41) is 0.818. The van der Waals surface area contributed by atoms with Gasteiger partial charge in [-0.15, -0.1) is 0 Å². The second-order valence-electron chi connectivity index (χ2n) is 5.13. The third kappa shape index (κ3) is 2.56. The summed E-state index contributed by atoms with van der Waals surface area (Å²) in [5.41, 5.74) is 1.69. The highest BCUT2D eigenvalue weighted by molar-refractivity contribution is 5.98. The number of anilines is 2. The number of nitrogens with zero attached hydrogens (tertiary/aromatic N) is 3. The first-order chi connectivity index (χ1) is 11.7. The second-order valence-corrected chi connectivity index (χ2v) is 5.13. The van der Waals surface area contributed by atoms with Gasteiger partial charge >= 0.3 is 0 Å². The summed E-state index contributed by atoms with van der Waals surface area (Å²) in [6.07, 6.45) is 1.52. The summed E-state index contributed by atoms with van der Waals surface area (Å²) in [5.74, 6) is 2.36.